The van der Waals surface area contributed by atoms with Crippen LogP contribution in [-0.4, -0.2) is 30.6 Å². The summed E-state index contributed by atoms with van der Waals surface area (Å²) in [6.07, 6.45) is 1.03. The average molecular weight is 218 g/mol. The van der Waals surface area contributed by atoms with E-state index < -0.39 is 0 Å². The summed E-state index contributed by atoms with van der Waals surface area (Å²) in [5.74, 6) is 0.175. The van der Waals surface area contributed by atoms with Crippen molar-refractivity contribution in [1.29, 1.82) is 0 Å². The molecule has 1 amide bonds. The molecule has 1 heterocycles. The Bertz CT molecular complexity index is 394. The van der Waals surface area contributed by atoms with Crippen molar-refractivity contribution in [3.8, 4) is 0 Å². The molecule has 86 valence electrons. The van der Waals surface area contributed by atoms with Gasteiger partial charge in [-0.1, -0.05) is 29.3 Å². The monoisotopic (exact) mass is 218 g/mol. The van der Waals surface area contributed by atoms with Gasteiger partial charge in [0.15, 0.2) is 0 Å². The summed E-state index contributed by atoms with van der Waals surface area (Å²) in [6, 6.07) is 6.54. The van der Waals surface area contributed by atoms with Crippen molar-refractivity contribution in [3.63, 3.8) is 0 Å². The average Bonchev–Trinajstić information content (AvgIpc) is 2.48. The zero-order chi connectivity index (χ0) is 11.7. The summed E-state index contributed by atoms with van der Waals surface area (Å²) < 4.78 is 0. The number of rotatable bonds is 2. The standard InChI is InChI=1S/C13H18N2O/c1-9-4-10(2)6-11(5-9)7-12-14-8-13(16)15(12)3/h4-6,12,14H,7-8H2,1-3H3/t12-/m0/s1. The van der Waals surface area contributed by atoms with Gasteiger partial charge >= 0.3 is 0 Å². The third-order valence-corrected chi connectivity index (χ3v) is 3.06. The molecular formula is C13H18N2O. The maximum absolute atomic E-state index is 11.4. The Morgan fingerprint density at radius 1 is 1.31 bits per heavy atom. The van der Waals surface area contributed by atoms with Crippen LogP contribution >= 0.6 is 0 Å². The van der Waals surface area contributed by atoms with Crippen LogP contribution in [0.3, 0.4) is 0 Å². The Morgan fingerprint density at radius 3 is 2.44 bits per heavy atom. The van der Waals surface area contributed by atoms with Crippen LogP contribution in [-0.2, 0) is 11.2 Å². The summed E-state index contributed by atoms with van der Waals surface area (Å²) in [5, 5.41) is 3.22. The molecule has 1 aromatic rings. The second-order valence-electron chi connectivity index (χ2n) is 4.60. The fourth-order valence-electron chi connectivity index (χ4n) is 2.26. The van der Waals surface area contributed by atoms with Gasteiger partial charge in [-0.15, -0.1) is 0 Å². The van der Waals surface area contributed by atoms with Gasteiger partial charge in [0.1, 0.15) is 0 Å². The molecule has 3 heteroatoms. The highest BCUT2D eigenvalue weighted by molar-refractivity contribution is 5.80. The van der Waals surface area contributed by atoms with Crippen LogP contribution in [0.5, 0.6) is 0 Å². The number of likely N-dealkylation sites (N-methyl/N-ethyl adjacent to an activating group) is 1. The largest absolute Gasteiger partial charge is 0.329 e. The minimum absolute atomic E-state index is 0.147. The highest BCUT2D eigenvalue weighted by atomic mass is 16.2. The first-order valence-corrected chi connectivity index (χ1v) is 5.62. The molecule has 0 unspecified atom stereocenters. The maximum Gasteiger partial charge on any atom is 0.237 e. The molecule has 0 spiro atoms. The molecule has 0 aliphatic carbocycles. The van der Waals surface area contributed by atoms with Crippen LogP contribution in [0.4, 0.5) is 0 Å². The molecule has 0 radical (unpaired) electrons. The molecule has 1 aliphatic rings. The summed E-state index contributed by atoms with van der Waals surface area (Å²) in [6.45, 7) is 4.67. The van der Waals surface area contributed by atoms with E-state index in [9.17, 15) is 4.79 Å². The van der Waals surface area contributed by atoms with E-state index in [0.717, 1.165) is 6.42 Å². The van der Waals surface area contributed by atoms with Crippen molar-refractivity contribution in [3.05, 3.63) is 34.9 Å². The predicted octanol–water partition coefficient (Wildman–Crippen LogP) is 1.23. The number of aryl methyl sites for hydroxylation is 2. The van der Waals surface area contributed by atoms with E-state index in [1.807, 2.05) is 7.05 Å². The van der Waals surface area contributed by atoms with Crippen LogP contribution in [0.1, 0.15) is 16.7 Å². The van der Waals surface area contributed by atoms with Gasteiger partial charge in [0.2, 0.25) is 5.91 Å². The molecule has 1 aromatic carbocycles. The lowest BCUT2D eigenvalue weighted by atomic mass is 10.0. The van der Waals surface area contributed by atoms with E-state index in [0.29, 0.717) is 6.54 Å². The minimum atomic E-state index is 0.147. The molecule has 3 nitrogen and oxygen atoms in total. The van der Waals surface area contributed by atoms with E-state index >= 15 is 0 Å². The van der Waals surface area contributed by atoms with Crippen LogP contribution < -0.4 is 5.32 Å². The lowest BCUT2D eigenvalue weighted by Crippen LogP contribution is -2.36. The van der Waals surface area contributed by atoms with Crippen LogP contribution in [0.15, 0.2) is 18.2 Å². The van der Waals surface area contributed by atoms with Crippen LogP contribution in [0.2, 0.25) is 0 Å². The van der Waals surface area contributed by atoms with Gasteiger partial charge in [0, 0.05) is 13.5 Å². The Balaban J connectivity index is 2.12. The van der Waals surface area contributed by atoms with E-state index in [4.69, 9.17) is 0 Å². The van der Waals surface area contributed by atoms with Crippen molar-refractivity contribution in [1.82, 2.24) is 10.2 Å². The molecular weight excluding hydrogens is 200 g/mol. The Morgan fingerprint density at radius 2 is 1.94 bits per heavy atom. The Hall–Kier alpha value is -1.35. The van der Waals surface area contributed by atoms with Crippen LogP contribution in [0.25, 0.3) is 0 Å². The van der Waals surface area contributed by atoms with Crippen molar-refractivity contribution in [2.45, 2.75) is 26.4 Å². The topological polar surface area (TPSA) is 32.3 Å². The van der Waals surface area contributed by atoms with Gasteiger partial charge in [-0.2, -0.15) is 0 Å². The number of benzene rings is 1. The molecule has 1 aliphatic heterocycles. The number of nitrogens with one attached hydrogen (secondary N) is 1. The normalized spacial score (nSPS) is 20.6. The second kappa shape index (κ2) is 4.26. The summed E-state index contributed by atoms with van der Waals surface area (Å²) in [7, 11) is 1.86. The van der Waals surface area contributed by atoms with Gasteiger partial charge in [-0.3, -0.25) is 10.1 Å². The highest BCUT2D eigenvalue weighted by Gasteiger charge is 2.26. The van der Waals surface area contributed by atoms with Crippen molar-refractivity contribution < 1.29 is 4.79 Å². The zero-order valence-electron chi connectivity index (χ0n) is 10.1. The SMILES string of the molecule is Cc1cc(C)cc(C[C@H]2NCC(=O)N2C)c1. The van der Waals surface area contributed by atoms with E-state index in [1.165, 1.54) is 16.7 Å². The molecule has 16 heavy (non-hydrogen) atoms. The van der Waals surface area contributed by atoms with E-state index in [1.54, 1.807) is 4.90 Å². The Kier molecular flexibility index (Phi) is 2.97. The molecule has 1 fully saturated rings. The van der Waals surface area contributed by atoms with Gasteiger partial charge < -0.3 is 4.90 Å². The third-order valence-electron chi connectivity index (χ3n) is 3.06. The summed E-state index contributed by atoms with van der Waals surface area (Å²) in [5.41, 5.74) is 3.85. The smallest absolute Gasteiger partial charge is 0.237 e. The Labute approximate surface area is 96.5 Å². The van der Waals surface area contributed by atoms with E-state index in [2.05, 4.69) is 37.4 Å². The quantitative estimate of drug-likeness (QED) is 0.810. The van der Waals surface area contributed by atoms with Gasteiger partial charge in [0.25, 0.3) is 0 Å². The van der Waals surface area contributed by atoms with Crippen molar-refractivity contribution in [2.75, 3.05) is 13.6 Å². The third kappa shape index (κ3) is 2.25. The number of carbonyl (C=O) groups is 1. The molecule has 0 aromatic heterocycles. The predicted molar refractivity (Wildman–Crippen MR) is 64.2 cm³/mol. The number of hydrogen-bond acceptors (Lipinski definition) is 2. The van der Waals surface area contributed by atoms with Crippen LogP contribution in [0, 0.1) is 13.8 Å². The molecule has 2 rings (SSSR count). The first-order chi connectivity index (χ1) is 7.56. The fourth-order valence-corrected chi connectivity index (χ4v) is 2.26. The molecule has 0 bridgehead atoms. The van der Waals surface area contributed by atoms with Crippen molar-refractivity contribution >= 4 is 5.91 Å². The van der Waals surface area contributed by atoms with Gasteiger partial charge in [-0.25, -0.2) is 0 Å². The lowest BCUT2D eigenvalue weighted by Gasteiger charge is -2.19. The zero-order valence-corrected chi connectivity index (χ0v) is 10.1. The first-order valence-electron chi connectivity index (χ1n) is 5.62. The maximum atomic E-state index is 11.4. The second-order valence-corrected chi connectivity index (χ2v) is 4.60. The molecule has 1 N–H and O–H groups in total. The molecule has 0 saturated carbocycles. The number of amides is 1. The molecule has 1 saturated heterocycles. The van der Waals surface area contributed by atoms with Gasteiger partial charge in [0.05, 0.1) is 12.7 Å². The molecule has 1 atom stereocenters. The number of hydrogen-bond donors (Lipinski definition) is 1. The number of nitrogens with zero attached hydrogens (tertiary/aromatic N) is 1. The summed E-state index contributed by atoms with van der Waals surface area (Å²) in [4.78, 5) is 13.2. The lowest BCUT2D eigenvalue weighted by molar-refractivity contribution is -0.126. The summed E-state index contributed by atoms with van der Waals surface area (Å²) >= 11 is 0. The van der Waals surface area contributed by atoms with E-state index in [-0.39, 0.29) is 12.1 Å². The number of carbonyl (C=O) groups excluding carboxylic acids is 1. The minimum Gasteiger partial charge on any atom is -0.329 e. The first kappa shape index (κ1) is 11.1. The fraction of sp³-hybridized carbons (Fsp3) is 0.462. The van der Waals surface area contributed by atoms with Crippen molar-refractivity contribution in [2.24, 2.45) is 0 Å². The van der Waals surface area contributed by atoms with Gasteiger partial charge in [-0.05, 0) is 19.4 Å². The highest BCUT2D eigenvalue weighted by Crippen LogP contribution is 2.13.